The molecular weight excluding hydrogens is 326 g/mol. The van der Waals surface area contributed by atoms with Crippen LogP contribution >= 0.6 is 0 Å². The Morgan fingerprint density at radius 3 is 2.54 bits per heavy atom. The van der Waals surface area contributed by atoms with Gasteiger partial charge in [0.15, 0.2) is 0 Å². The van der Waals surface area contributed by atoms with E-state index < -0.39 is 5.97 Å². The largest absolute Gasteiger partial charge is 0.489 e. The smallest absolute Gasteiger partial charge is 0.306 e. The van der Waals surface area contributed by atoms with Crippen molar-refractivity contribution < 1.29 is 14.6 Å². The summed E-state index contributed by atoms with van der Waals surface area (Å²) < 4.78 is 5.92. The molecule has 2 aromatic rings. The molecule has 0 bridgehead atoms. The molecule has 2 aromatic carbocycles. The zero-order valence-corrected chi connectivity index (χ0v) is 15.2. The highest BCUT2D eigenvalue weighted by Crippen LogP contribution is 2.27. The maximum Gasteiger partial charge on any atom is 0.306 e. The van der Waals surface area contributed by atoms with Crippen LogP contribution in [0.5, 0.6) is 5.75 Å². The number of carbonyl (C=O) groups is 1. The van der Waals surface area contributed by atoms with Crippen LogP contribution in [0.15, 0.2) is 54.6 Å². The van der Waals surface area contributed by atoms with Gasteiger partial charge in [-0.25, -0.2) is 0 Å². The predicted octanol–water partition coefficient (Wildman–Crippen LogP) is 4.56. The van der Waals surface area contributed by atoms with E-state index in [1.807, 2.05) is 30.3 Å². The van der Waals surface area contributed by atoms with E-state index in [9.17, 15) is 4.79 Å². The molecule has 0 amide bonds. The Balaban J connectivity index is 1.53. The first-order valence-corrected chi connectivity index (χ1v) is 9.37. The van der Waals surface area contributed by atoms with Gasteiger partial charge >= 0.3 is 5.97 Å². The molecule has 1 saturated carbocycles. The van der Waals surface area contributed by atoms with Crippen molar-refractivity contribution in [3.63, 3.8) is 0 Å². The normalized spacial score (nSPS) is 21.1. The van der Waals surface area contributed by atoms with Crippen LogP contribution in [0.2, 0.25) is 0 Å². The quantitative estimate of drug-likeness (QED) is 0.766. The summed E-state index contributed by atoms with van der Waals surface area (Å²) in [5.41, 5.74) is 2.34. The molecule has 1 aliphatic carbocycles. The molecule has 4 nitrogen and oxygen atoms in total. The highest BCUT2D eigenvalue weighted by atomic mass is 16.5. The Morgan fingerprint density at radius 1 is 1.12 bits per heavy atom. The Kier molecular flexibility index (Phi) is 6.29. The van der Waals surface area contributed by atoms with E-state index in [0.29, 0.717) is 12.6 Å². The number of carboxylic acid groups (broad SMARTS) is 1. The first-order chi connectivity index (χ1) is 12.6. The van der Waals surface area contributed by atoms with Gasteiger partial charge in [-0.15, -0.1) is 0 Å². The van der Waals surface area contributed by atoms with Gasteiger partial charge in [-0.3, -0.25) is 4.79 Å². The molecule has 138 valence electrons. The van der Waals surface area contributed by atoms with Crippen molar-refractivity contribution in [1.82, 2.24) is 5.32 Å². The van der Waals surface area contributed by atoms with E-state index in [1.165, 1.54) is 5.56 Å². The van der Waals surface area contributed by atoms with Gasteiger partial charge in [0.25, 0.3) is 0 Å². The van der Waals surface area contributed by atoms with Gasteiger partial charge in [-0.2, -0.15) is 0 Å². The average Bonchev–Trinajstić information content (AvgIpc) is 2.68. The van der Waals surface area contributed by atoms with E-state index in [2.05, 4.69) is 36.5 Å². The lowest BCUT2D eigenvalue weighted by Gasteiger charge is -2.29. The molecule has 4 heteroatoms. The maximum absolute atomic E-state index is 11.1. The summed E-state index contributed by atoms with van der Waals surface area (Å²) >= 11 is 0. The minimum absolute atomic E-state index is 0.168. The van der Waals surface area contributed by atoms with Gasteiger partial charge in [0, 0.05) is 12.1 Å². The fourth-order valence-corrected chi connectivity index (χ4v) is 3.57. The van der Waals surface area contributed by atoms with Crippen molar-refractivity contribution in [2.45, 2.75) is 51.3 Å². The molecule has 0 aliphatic heterocycles. The van der Waals surface area contributed by atoms with E-state index in [0.717, 1.165) is 37.0 Å². The lowest BCUT2D eigenvalue weighted by atomic mass is 9.85. The topological polar surface area (TPSA) is 58.6 Å². The first kappa shape index (κ1) is 18.5. The molecule has 1 atom stereocenters. The Bertz CT molecular complexity index is 708. The van der Waals surface area contributed by atoms with Crippen LogP contribution in [0, 0.1) is 5.92 Å². The fraction of sp³-hybridized carbons (Fsp3) is 0.409. The lowest BCUT2D eigenvalue weighted by molar-refractivity contribution is -0.142. The molecule has 0 saturated heterocycles. The Hall–Kier alpha value is -2.33. The maximum atomic E-state index is 11.1. The number of hydrogen-bond acceptors (Lipinski definition) is 3. The molecule has 1 fully saturated rings. The van der Waals surface area contributed by atoms with Crippen molar-refractivity contribution in [3.05, 3.63) is 65.7 Å². The summed E-state index contributed by atoms with van der Waals surface area (Å²) in [6, 6.07) is 18.9. The van der Waals surface area contributed by atoms with E-state index in [1.54, 1.807) is 0 Å². The fourth-order valence-electron chi connectivity index (χ4n) is 3.57. The molecular formula is C22H27NO3. The van der Waals surface area contributed by atoms with Crippen molar-refractivity contribution in [3.8, 4) is 5.75 Å². The number of hydrogen-bond donors (Lipinski definition) is 2. The Morgan fingerprint density at radius 2 is 1.85 bits per heavy atom. The second kappa shape index (κ2) is 8.86. The third kappa shape index (κ3) is 5.09. The number of carboxylic acids is 1. The van der Waals surface area contributed by atoms with Crippen LogP contribution in [0.25, 0.3) is 0 Å². The third-order valence-electron chi connectivity index (χ3n) is 5.17. The van der Waals surface area contributed by atoms with E-state index >= 15 is 0 Å². The lowest BCUT2D eigenvalue weighted by Crippen LogP contribution is -2.36. The van der Waals surface area contributed by atoms with Crippen LogP contribution in [-0.2, 0) is 11.4 Å². The monoisotopic (exact) mass is 353 g/mol. The molecule has 2 N–H and O–H groups in total. The van der Waals surface area contributed by atoms with Crippen molar-refractivity contribution in [2.24, 2.45) is 5.92 Å². The van der Waals surface area contributed by atoms with Crippen molar-refractivity contribution >= 4 is 5.97 Å². The molecule has 1 aliphatic rings. The summed E-state index contributed by atoms with van der Waals surface area (Å²) in [6.45, 7) is 2.71. The van der Waals surface area contributed by atoms with Crippen LogP contribution in [0.4, 0.5) is 0 Å². The van der Waals surface area contributed by atoms with Crippen molar-refractivity contribution in [2.75, 3.05) is 0 Å². The van der Waals surface area contributed by atoms with Crippen LogP contribution in [0.1, 0.15) is 49.8 Å². The standard InChI is InChI=1S/C22H27NO3/c1-16(23-20-12-10-18(11-13-20)22(24)25)19-8-5-9-21(14-19)26-15-17-6-3-2-4-7-17/h2-9,14,16,18,20,23H,10-13,15H2,1H3,(H,24,25)/t16-,18?,20?/m1/s1. The molecule has 0 heterocycles. The van der Waals surface area contributed by atoms with Gasteiger partial charge < -0.3 is 15.2 Å². The highest BCUT2D eigenvalue weighted by Gasteiger charge is 2.26. The second-order valence-electron chi connectivity index (χ2n) is 7.12. The van der Waals surface area contributed by atoms with Crippen LogP contribution in [0.3, 0.4) is 0 Å². The molecule has 26 heavy (non-hydrogen) atoms. The molecule has 0 aromatic heterocycles. The summed E-state index contributed by atoms with van der Waals surface area (Å²) in [7, 11) is 0. The number of nitrogens with one attached hydrogen (secondary N) is 1. The SMILES string of the molecule is C[C@@H](NC1CCC(C(=O)O)CC1)c1cccc(OCc2ccccc2)c1. The average molecular weight is 353 g/mol. The highest BCUT2D eigenvalue weighted by molar-refractivity contribution is 5.70. The molecule has 0 radical (unpaired) electrons. The van der Waals surface area contributed by atoms with Crippen LogP contribution in [-0.4, -0.2) is 17.1 Å². The Labute approximate surface area is 155 Å². The zero-order valence-electron chi connectivity index (χ0n) is 15.2. The van der Waals surface area contributed by atoms with E-state index in [4.69, 9.17) is 9.84 Å². The minimum Gasteiger partial charge on any atom is -0.489 e. The first-order valence-electron chi connectivity index (χ1n) is 9.37. The minimum atomic E-state index is -0.653. The number of ether oxygens (including phenoxy) is 1. The number of rotatable bonds is 7. The summed E-state index contributed by atoms with van der Waals surface area (Å²) in [5.74, 6) is 0.0485. The molecule has 0 unspecified atom stereocenters. The summed E-state index contributed by atoms with van der Waals surface area (Å²) in [6.07, 6.45) is 3.37. The second-order valence-corrected chi connectivity index (χ2v) is 7.12. The predicted molar refractivity (Wildman–Crippen MR) is 102 cm³/mol. The van der Waals surface area contributed by atoms with Gasteiger partial charge in [0.1, 0.15) is 12.4 Å². The van der Waals surface area contributed by atoms with Gasteiger partial charge in [0.2, 0.25) is 0 Å². The summed E-state index contributed by atoms with van der Waals surface area (Å²) in [5, 5.41) is 12.8. The van der Waals surface area contributed by atoms with E-state index in [-0.39, 0.29) is 12.0 Å². The number of aliphatic carboxylic acids is 1. The zero-order chi connectivity index (χ0) is 18.4. The molecule has 3 rings (SSSR count). The summed E-state index contributed by atoms with van der Waals surface area (Å²) in [4.78, 5) is 11.1. The van der Waals surface area contributed by atoms with Crippen molar-refractivity contribution in [1.29, 1.82) is 0 Å². The number of benzene rings is 2. The van der Waals surface area contributed by atoms with Gasteiger partial charge in [-0.05, 0) is 55.9 Å². The third-order valence-corrected chi connectivity index (χ3v) is 5.17. The van der Waals surface area contributed by atoms with Gasteiger partial charge in [0.05, 0.1) is 5.92 Å². The van der Waals surface area contributed by atoms with Gasteiger partial charge in [-0.1, -0.05) is 42.5 Å². The van der Waals surface area contributed by atoms with Crippen LogP contribution < -0.4 is 10.1 Å². The molecule has 0 spiro atoms.